The fourth-order valence-electron chi connectivity index (χ4n) is 4.53. The summed E-state index contributed by atoms with van der Waals surface area (Å²) in [5, 5.41) is 30.0. The Morgan fingerprint density at radius 1 is 1.14 bits per heavy atom. The number of allylic oxidation sites excluding steroid dienone is 4. The Labute approximate surface area is 171 Å². The predicted molar refractivity (Wildman–Crippen MR) is 107 cm³/mol. The number of rotatable bonds is 5. The van der Waals surface area contributed by atoms with E-state index in [-0.39, 0.29) is 17.2 Å². The Hall–Kier alpha value is -3.43. The fraction of sp³-hybridized carbons (Fsp3) is 0.435. The average molecular weight is 388 g/mol. The second-order valence-corrected chi connectivity index (χ2v) is 7.17. The van der Waals surface area contributed by atoms with Crippen LogP contribution in [0.4, 0.5) is 0 Å². The molecule has 0 aromatic heterocycles. The van der Waals surface area contributed by atoms with E-state index < -0.39 is 11.3 Å². The predicted octanol–water partition coefficient (Wildman–Crippen LogP) is 4.08. The molecule has 0 bridgehead atoms. The number of hydrogen-bond donors (Lipinski definition) is 1. The maximum atomic E-state index is 10.2. The third-order valence-electron chi connectivity index (χ3n) is 5.73. The van der Waals surface area contributed by atoms with E-state index in [0.29, 0.717) is 24.7 Å². The van der Waals surface area contributed by atoms with Gasteiger partial charge in [0.05, 0.1) is 36.6 Å². The zero-order valence-corrected chi connectivity index (χ0v) is 16.7. The van der Waals surface area contributed by atoms with Gasteiger partial charge in [-0.1, -0.05) is 6.08 Å². The largest absolute Gasteiger partial charge is 0.494 e. The van der Waals surface area contributed by atoms with Crippen LogP contribution >= 0.6 is 0 Å². The first kappa shape index (κ1) is 20.3. The lowest BCUT2D eigenvalue weighted by Crippen LogP contribution is -2.42. The molecule has 0 spiro atoms. The molecule has 0 amide bonds. The van der Waals surface area contributed by atoms with E-state index >= 15 is 0 Å². The lowest BCUT2D eigenvalue weighted by Gasteiger charge is -2.43. The Morgan fingerprint density at radius 3 is 2.48 bits per heavy atom. The third kappa shape index (κ3) is 3.20. The first-order valence-electron chi connectivity index (χ1n) is 9.90. The Balaban J connectivity index is 2.33. The smallest absolute Gasteiger partial charge is 0.191 e. The maximum Gasteiger partial charge on any atom is 0.191 e. The molecule has 3 rings (SSSR count). The zero-order chi connectivity index (χ0) is 21.0. The zero-order valence-electron chi connectivity index (χ0n) is 16.7. The molecule has 2 aliphatic carbocycles. The number of fused-ring (bicyclic) bond motifs is 1. The van der Waals surface area contributed by atoms with Crippen LogP contribution in [0.1, 0.15) is 44.6 Å². The lowest BCUT2D eigenvalue weighted by molar-refractivity contribution is 0.288. The summed E-state index contributed by atoms with van der Waals surface area (Å²) in [6.07, 6.45) is 4.56. The number of hydrogen-bond acceptors (Lipinski definition) is 6. The minimum atomic E-state index is -1.65. The summed E-state index contributed by atoms with van der Waals surface area (Å²) < 4.78 is 11.5. The standard InChI is InChI=1S/C23H24N4O2/c1-3-28-15-9-10-20(29-4-2)18(11-15)21-17-8-6-5-7-16(17)19(12-24)22(27)23(21,13-25)14-26/h7,9-11,17,21H,3-6,8,27H2,1-2H3/t17-,21-/m1/s1. The van der Waals surface area contributed by atoms with Gasteiger partial charge in [-0.25, -0.2) is 0 Å². The Morgan fingerprint density at radius 2 is 1.86 bits per heavy atom. The van der Waals surface area contributed by atoms with Crippen molar-refractivity contribution >= 4 is 0 Å². The number of nitriles is 3. The normalized spacial score (nSPS) is 22.4. The van der Waals surface area contributed by atoms with Crippen LogP contribution in [0.5, 0.6) is 11.5 Å². The van der Waals surface area contributed by atoms with Gasteiger partial charge in [-0.15, -0.1) is 0 Å². The molecule has 1 aromatic rings. The molecular weight excluding hydrogens is 364 g/mol. The van der Waals surface area contributed by atoms with Crippen molar-refractivity contribution in [3.8, 4) is 29.7 Å². The molecule has 2 N–H and O–H groups in total. The van der Waals surface area contributed by atoms with Gasteiger partial charge in [-0.2, -0.15) is 15.8 Å². The number of benzene rings is 1. The summed E-state index contributed by atoms with van der Waals surface area (Å²) in [7, 11) is 0. The van der Waals surface area contributed by atoms with Crippen LogP contribution in [0.25, 0.3) is 0 Å². The summed E-state index contributed by atoms with van der Waals surface area (Å²) in [4.78, 5) is 0. The van der Waals surface area contributed by atoms with Gasteiger partial charge in [-0.3, -0.25) is 0 Å². The Bertz CT molecular complexity index is 974. The van der Waals surface area contributed by atoms with Gasteiger partial charge >= 0.3 is 0 Å². The highest BCUT2D eigenvalue weighted by Crippen LogP contribution is 2.57. The van der Waals surface area contributed by atoms with E-state index in [1.807, 2.05) is 38.1 Å². The Kier molecular flexibility index (Phi) is 5.81. The number of ether oxygens (including phenoxy) is 2. The quantitative estimate of drug-likeness (QED) is 0.812. The summed E-state index contributed by atoms with van der Waals surface area (Å²) in [5.41, 5.74) is 6.56. The van der Waals surface area contributed by atoms with Crippen LogP contribution in [0.3, 0.4) is 0 Å². The van der Waals surface area contributed by atoms with Crippen LogP contribution in [0.15, 0.2) is 41.1 Å². The van der Waals surface area contributed by atoms with E-state index in [1.165, 1.54) is 0 Å². The van der Waals surface area contributed by atoms with E-state index in [1.54, 1.807) is 0 Å². The molecule has 29 heavy (non-hydrogen) atoms. The molecule has 0 saturated carbocycles. The maximum absolute atomic E-state index is 10.2. The van der Waals surface area contributed by atoms with Crippen molar-refractivity contribution in [2.45, 2.75) is 39.0 Å². The van der Waals surface area contributed by atoms with Crippen molar-refractivity contribution in [1.29, 1.82) is 15.8 Å². The van der Waals surface area contributed by atoms with Crippen molar-refractivity contribution in [2.24, 2.45) is 17.1 Å². The molecule has 0 fully saturated rings. The van der Waals surface area contributed by atoms with Gasteiger partial charge in [0.2, 0.25) is 0 Å². The van der Waals surface area contributed by atoms with Crippen LogP contribution in [0, 0.1) is 45.3 Å². The molecule has 2 aliphatic rings. The van der Waals surface area contributed by atoms with Crippen LogP contribution in [-0.2, 0) is 0 Å². The van der Waals surface area contributed by atoms with Crippen molar-refractivity contribution in [1.82, 2.24) is 0 Å². The first-order chi connectivity index (χ1) is 14.1. The summed E-state index contributed by atoms with van der Waals surface area (Å²) >= 11 is 0. The minimum Gasteiger partial charge on any atom is -0.494 e. The van der Waals surface area contributed by atoms with Gasteiger partial charge in [0, 0.05) is 11.5 Å². The fourth-order valence-corrected chi connectivity index (χ4v) is 4.53. The van der Waals surface area contributed by atoms with Crippen LogP contribution in [0.2, 0.25) is 0 Å². The lowest BCUT2D eigenvalue weighted by atomic mass is 9.56. The monoisotopic (exact) mass is 388 g/mol. The highest BCUT2D eigenvalue weighted by Gasteiger charge is 2.54. The molecule has 1 aromatic carbocycles. The molecule has 0 unspecified atom stereocenters. The average Bonchev–Trinajstić information content (AvgIpc) is 2.74. The van der Waals surface area contributed by atoms with Crippen LogP contribution < -0.4 is 15.2 Å². The van der Waals surface area contributed by atoms with Crippen molar-refractivity contribution in [2.75, 3.05) is 13.2 Å². The van der Waals surface area contributed by atoms with E-state index in [4.69, 9.17) is 15.2 Å². The molecule has 0 aliphatic heterocycles. The summed E-state index contributed by atoms with van der Waals surface area (Å²) in [6, 6.07) is 12.0. The molecule has 0 radical (unpaired) electrons. The molecule has 6 heteroatoms. The molecule has 0 heterocycles. The van der Waals surface area contributed by atoms with Gasteiger partial charge in [0.1, 0.15) is 17.6 Å². The third-order valence-corrected chi connectivity index (χ3v) is 5.73. The van der Waals surface area contributed by atoms with Gasteiger partial charge in [0.25, 0.3) is 0 Å². The van der Waals surface area contributed by atoms with Crippen molar-refractivity contribution < 1.29 is 9.47 Å². The highest BCUT2D eigenvalue weighted by molar-refractivity contribution is 5.61. The van der Waals surface area contributed by atoms with Crippen molar-refractivity contribution in [3.63, 3.8) is 0 Å². The summed E-state index contributed by atoms with van der Waals surface area (Å²) in [5.74, 6) is 0.531. The van der Waals surface area contributed by atoms with Gasteiger partial charge < -0.3 is 15.2 Å². The molecule has 0 saturated heterocycles. The first-order valence-corrected chi connectivity index (χ1v) is 9.90. The molecule has 2 atom stereocenters. The molecule has 6 nitrogen and oxygen atoms in total. The number of nitrogens with zero attached hydrogens (tertiary/aromatic N) is 3. The van der Waals surface area contributed by atoms with E-state index in [0.717, 1.165) is 30.4 Å². The molecule has 148 valence electrons. The summed E-state index contributed by atoms with van der Waals surface area (Å²) in [6.45, 7) is 4.72. The molecular formula is C23H24N4O2. The van der Waals surface area contributed by atoms with Crippen LogP contribution in [-0.4, -0.2) is 13.2 Å². The van der Waals surface area contributed by atoms with E-state index in [9.17, 15) is 15.8 Å². The van der Waals surface area contributed by atoms with E-state index in [2.05, 4.69) is 18.2 Å². The van der Waals surface area contributed by atoms with Gasteiger partial charge in [0.15, 0.2) is 5.41 Å². The van der Waals surface area contributed by atoms with Gasteiger partial charge in [-0.05, 0) is 62.8 Å². The minimum absolute atomic E-state index is 0.0312. The second kappa shape index (κ2) is 8.29. The SMILES string of the molecule is CCOc1ccc(OCC)c([C@H]2[C@@H]3CCCC=C3C(C#N)=C(N)C2(C#N)C#N)c1. The van der Waals surface area contributed by atoms with Crippen molar-refractivity contribution in [3.05, 3.63) is 46.7 Å². The topological polar surface area (TPSA) is 116 Å². The number of nitrogens with two attached hydrogens (primary N) is 1. The second-order valence-electron chi connectivity index (χ2n) is 7.17. The highest BCUT2D eigenvalue weighted by atomic mass is 16.5.